The number of amides is 1. The Morgan fingerprint density at radius 2 is 1.96 bits per heavy atom. The molecule has 1 fully saturated rings. The number of rotatable bonds is 6. The van der Waals surface area contributed by atoms with Crippen molar-refractivity contribution < 1.29 is 27.9 Å². The largest absolute Gasteiger partial charge is 0.480 e. The second-order valence-electron chi connectivity index (χ2n) is 5.79. The van der Waals surface area contributed by atoms with Gasteiger partial charge in [-0.2, -0.15) is 9.40 Å². The van der Waals surface area contributed by atoms with Crippen molar-refractivity contribution in [1.29, 1.82) is 0 Å². The van der Waals surface area contributed by atoms with E-state index in [0.29, 0.717) is 13.2 Å². The summed E-state index contributed by atoms with van der Waals surface area (Å²) in [7, 11) is -3.71. The number of carbonyl (C=O) groups is 2. The monoisotopic (exact) mass is 394 g/mol. The van der Waals surface area contributed by atoms with E-state index in [4.69, 9.17) is 9.84 Å². The van der Waals surface area contributed by atoms with Crippen LogP contribution in [-0.2, 0) is 26.1 Å². The highest BCUT2D eigenvalue weighted by molar-refractivity contribution is 7.89. The number of aliphatic carboxylic acids is 1. The first-order valence-electron chi connectivity index (χ1n) is 8.11. The lowest BCUT2D eigenvalue weighted by Crippen LogP contribution is -2.40. The summed E-state index contributed by atoms with van der Waals surface area (Å²) >= 11 is 0. The Morgan fingerprint density at radius 1 is 1.22 bits per heavy atom. The first-order chi connectivity index (χ1) is 12.9. The molecule has 2 aromatic rings. The molecule has 144 valence electrons. The van der Waals surface area contributed by atoms with Gasteiger partial charge in [-0.25, -0.2) is 8.42 Å². The molecule has 1 saturated heterocycles. The van der Waals surface area contributed by atoms with Crippen molar-refractivity contribution in [2.75, 3.05) is 31.6 Å². The number of nitrogens with one attached hydrogen (secondary N) is 1. The Balaban J connectivity index is 1.75. The van der Waals surface area contributed by atoms with Crippen molar-refractivity contribution in [3.8, 4) is 0 Å². The number of carboxylic acid groups (broad SMARTS) is 1. The number of aromatic nitrogens is 2. The molecular formula is C16H18N4O6S. The summed E-state index contributed by atoms with van der Waals surface area (Å²) in [4.78, 5) is 23.1. The summed E-state index contributed by atoms with van der Waals surface area (Å²) < 4.78 is 33.0. The van der Waals surface area contributed by atoms with Gasteiger partial charge in [0.05, 0.1) is 18.1 Å². The summed E-state index contributed by atoms with van der Waals surface area (Å²) in [6.45, 7) is 0.861. The average molecular weight is 394 g/mol. The maximum Gasteiger partial charge on any atom is 0.325 e. The van der Waals surface area contributed by atoms with Gasteiger partial charge in [0.15, 0.2) is 5.82 Å². The average Bonchev–Trinajstić information content (AvgIpc) is 3.08. The fourth-order valence-electron chi connectivity index (χ4n) is 2.58. The molecule has 0 spiro atoms. The van der Waals surface area contributed by atoms with Gasteiger partial charge in [0.25, 0.3) is 5.91 Å². The lowest BCUT2D eigenvalue weighted by Gasteiger charge is -2.26. The van der Waals surface area contributed by atoms with Crippen LogP contribution in [0.1, 0.15) is 10.4 Å². The third-order valence-electron chi connectivity index (χ3n) is 3.88. The molecule has 0 atom stereocenters. The van der Waals surface area contributed by atoms with E-state index in [-0.39, 0.29) is 35.9 Å². The molecule has 1 aliphatic heterocycles. The number of hydrogen-bond acceptors (Lipinski definition) is 6. The van der Waals surface area contributed by atoms with Crippen molar-refractivity contribution >= 4 is 27.7 Å². The normalized spacial score (nSPS) is 15.4. The quantitative estimate of drug-likeness (QED) is 0.717. The second kappa shape index (κ2) is 7.86. The van der Waals surface area contributed by atoms with Crippen LogP contribution in [0.3, 0.4) is 0 Å². The number of anilines is 1. The van der Waals surface area contributed by atoms with E-state index in [1.165, 1.54) is 40.8 Å². The molecule has 1 aliphatic rings. The molecular weight excluding hydrogens is 376 g/mol. The van der Waals surface area contributed by atoms with Crippen LogP contribution in [-0.4, -0.2) is 65.8 Å². The van der Waals surface area contributed by atoms with E-state index in [1.807, 2.05) is 0 Å². The van der Waals surface area contributed by atoms with Crippen molar-refractivity contribution in [2.45, 2.75) is 11.4 Å². The van der Waals surface area contributed by atoms with Crippen molar-refractivity contribution in [1.82, 2.24) is 14.1 Å². The van der Waals surface area contributed by atoms with Gasteiger partial charge in [0, 0.05) is 30.9 Å². The van der Waals surface area contributed by atoms with Gasteiger partial charge < -0.3 is 15.2 Å². The number of benzene rings is 1. The molecule has 0 aliphatic carbocycles. The zero-order valence-electron chi connectivity index (χ0n) is 14.2. The molecule has 10 nitrogen and oxygen atoms in total. The molecule has 2 N–H and O–H groups in total. The molecule has 1 aromatic heterocycles. The fraction of sp³-hybridized carbons (Fsp3) is 0.312. The van der Waals surface area contributed by atoms with Crippen LogP contribution in [0, 0.1) is 0 Å². The van der Waals surface area contributed by atoms with E-state index >= 15 is 0 Å². The predicted octanol–water partition coefficient (Wildman–Crippen LogP) is 0.241. The van der Waals surface area contributed by atoms with Crippen molar-refractivity contribution in [3.05, 3.63) is 42.1 Å². The third-order valence-corrected chi connectivity index (χ3v) is 5.78. The van der Waals surface area contributed by atoms with E-state index in [1.54, 1.807) is 0 Å². The Bertz CT molecular complexity index is 949. The number of carbonyl (C=O) groups excluding carboxylic acids is 1. The van der Waals surface area contributed by atoms with Gasteiger partial charge in [-0.1, -0.05) is 6.07 Å². The van der Waals surface area contributed by atoms with Crippen LogP contribution in [0.15, 0.2) is 41.4 Å². The molecule has 0 bridgehead atoms. The number of hydrogen-bond donors (Lipinski definition) is 2. The summed E-state index contributed by atoms with van der Waals surface area (Å²) in [5.74, 6) is -1.44. The summed E-state index contributed by atoms with van der Waals surface area (Å²) in [6.07, 6.45) is 1.42. The maximum atomic E-state index is 12.7. The number of morpholine rings is 1. The lowest BCUT2D eigenvalue weighted by molar-refractivity contribution is -0.137. The predicted molar refractivity (Wildman–Crippen MR) is 93.8 cm³/mol. The molecule has 11 heteroatoms. The number of nitrogens with zero attached hydrogens (tertiary/aromatic N) is 3. The van der Waals surface area contributed by atoms with Gasteiger partial charge in [0.1, 0.15) is 6.54 Å². The SMILES string of the molecule is O=C(O)Cn1ccc(NC(=O)c2cccc(S(=O)(=O)N3CCOCC3)c2)n1. The fourth-order valence-corrected chi connectivity index (χ4v) is 4.03. The Hall–Kier alpha value is -2.76. The Labute approximate surface area is 155 Å². The van der Waals surface area contributed by atoms with Crippen LogP contribution in [0.2, 0.25) is 0 Å². The van der Waals surface area contributed by atoms with Crippen LogP contribution in [0.4, 0.5) is 5.82 Å². The summed E-state index contributed by atoms with van der Waals surface area (Å²) in [5.41, 5.74) is 0.150. The molecule has 2 heterocycles. The zero-order valence-corrected chi connectivity index (χ0v) is 15.1. The maximum absolute atomic E-state index is 12.7. The van der Waals surface area contributed by atoms with Gasteiger partial charge in [-0.05, 0) is 18.2 Å². The first-order valence-corrected chi connectivity index (χ1v) is 9.55. The zero-order chi connectivity index (χ0) is 19.4. The molecule has 0 radical (unpaired) electrons. The molecule has 1 amide bonds. The standard InChI is InChI=1S/C16H18N4O6S/c21-15(22)11-19-5-4-14(18-19)17-16(23)12-2-1-3-13(10-12)27(24,25)20-6-8-26-9-7-20/h1-5,10H,6-9,11H2,(H,21,22)(H,17,18,23). The highest BCUT2D eigenvalue weighted by Crippen LogP contribution is 2.19. The van der Waals surface area contributed by atoms with Gasteiger partial charge in [-0.15, -0.1) is 0 Å². The Kier molecular flexibility index (Phi) is 5.54. The minimum Gasteiger partial charge on any atom is -0.480 e. The lowest BCUT2D eigenvalue weighted by atomic mass is 10.2. The molecule has 3 rings (SSSR count). The van der Waals surface area contributed by atoms with Crippen molar-refractivity contribution in [3.63, 3.8) is 0 Å². The van der Waals surface area contributed by atoms with Crippen LogP contribution in [0.5, 0.6) is 0 Å². The highest BCUT2D eigenvalue weighted by Gasteiger charge is 2.26. The van der Waals surface area contributed by atoms with Gasteiger partial charge in [0.2, 0.25) is 10.0 Å². The van der Waals surface area contributed by atoms with Gasteiger partial charge in [-0.3, -0.25) is 14.3 Å². The molecule has 0 unspecified atom stereocenters. The van der Waals surface area contributed by atoms with E-state index < -0.39 is 21.9 Å². The molecule has 0 saturated carbocycles. The summed E-state index contributed by atoms with van der Waals surface area (Å²) in [6, 6.07) is 7.17. The minimum absolute atomic E-state index is 0.0217. The Morgan fingerprint density at radius 3 is 2.67 bits per heavy atom. The first kappa shape index (κ1) is 19.0. The number of carboxylic acids is 1. The van der Waals surface area contributed by atoms with E-state index in [9.17, 15) is 18.0 Å². The summed E-state index contributed by atoms with van der Waals surface area (Å²) in [5, 5.41) is 15.2. The van der Waals surface area contributed by atoms with Crippen LogP contribution < -0.4 is 5.32 Å². The molecule has 1 aromatic carbocycles. The second-order valence-corrected chi connectivity index (χ2v) is 7.73. The van der Waals surface area contributed by atoms with Crippen LogP contribution in [0.25, 0.3) is 0 Å². The third kappa shape index (κ3) is 4.51. The molecule has 27 heavy (non-hydrogen) atoms. The minimum atomic E-state index is -3.71. The van der Waals surface area contributed by atoms with Crippen molar-refractivity contribution in [2.24, 2.45) is 0 Å². The highest BCUT2D eigenvalue weighted by atomic mass is 32.2. The van der Waals surface area contributed by atoms with E-state index in [0.717, 1.165) is 4.68 Å². The number of ether oxygens (including phenoxy) is 1. The smallest absolute Gasteiger partial charge is 0.325 e. The van der Waals surface area contributed by atoms with E-state index in [2.05, 4.69) is 10.4 Å². The topological polar surface area (TPSA) is 131 Å². The van der Waals surface area contributed by atoms with Gasteiger partial charge >= 0.3 is 5.97 Å². The number of sulfonamides is 1. The van der Waals surface area contributed by atoms with Crippen LogP contribution >= 0.6 is 0 Å².